The summed E-state index contributed by atoms with van der Waals surface area (Å²) in [4.78, 5) is 12.3. The van der Waals surface area contributed by atoms with Crippen LogP contribution in [0.4, 0.5) is 5.82 Å². The third kappa shape index (κ3) is 3.60. The van der Waals surface area contributed by atoms with E-state index >= 15 is 0 Å². The van der Waals surface area contributed by atoms with E-state index in [1.54, 1.807) is 13.1 Å². The van der Waals surface area contributed by atoms with Gasteiger partial charge in [0.25, 0.3) is 0 Å². The first kappa shape index (κ1) is 13.2. The SMILES string of the molecule is CCOCc1nc(NN)cc(Oc2ncn(C)n2)n1. The molecular weight excluding hydrogens is 250 g/mol. The van der Waals surface area contributed by atoms with E-state index in [-0.39, 0.29) is 12.6 Å². The minimum absolute atomic E-state index is 0.200. The van der Waals surface area contributed by atoms with E-state index in [1.165, 1.54) is 11.0 Å². The van der Waals surface area contributed by atoms with Crippen molar-refractivity contribution >= 4 is 5.82 Å². The van der Waals surface area contributed by atoms with Crippen LogP contribution in [0.15, 0.2) is 12.4 Å². The molecule has 0 aliphatic heterocycles. The Morgan fingerprint density at radius 1 is 1.42 bits per heavy atom. The summed E-state index contributed by atoms with van der Waals surface area (Å²) in [6.45, 7) is 2.74. The molecule has 3 N–H and O–H groups in total. The van der Waals surface area contributed by atoms with Crippen molar-refractivity contribution in [3.63, 3.8) is 0 Å². The quantitative estimate of drug-likeness (QED) is 0.563. The number of hydrazine groups is 1. The van der Waals surface area contributed by atoms with Crippen LogP contribution in [-0.4, -0.2) is 31.3 Å². The summed E-state index contributed by atoms with van der Waals surface area (Å²) < 4.78 is 12.2. The third-order valence-electron chi connectivity index (χ3n) is 2.11. The molecule has 2 rings (SSSR count). The second-order valence-corrected chi connectivity index (χ2v) is 3.59. The van der Waals surface area contributed by atoms with E-state index in [1.807, 2.05) is 6.92 Å². The number of hydrogen-bond acceptors (Lipinski definition) is 8. The maximum Gasteiger partial charge on any atom is 0.342 e. The summed E-state index contributed by atoms with van der Waals surface area (Å²) in [5.74, 6) is 6.52. The number of rotatable bonds is 6. The van der Waals surface area contributed by atoms with Crippen molar-refractivity contribution in [2.24, 2.45) is 12.9 Å². The fraction of sp³-hybridized carbons (Fsp3) is 0.400. The van der Waals surface area contributed by atoms with Gasteiger partial charge >= 0.3 is 6.01 Å². The first-order chi connectivity index (χ1) is 9.21. The minimum Gasteiger partial charge on any atom is -0.404 e. The fourth-order valence-electron chi connectivity index (χ4n) is 1.32. The minimum atomic E-state index is 0.200. The smallest absolute Gasteiger partial charge is 0.342 e. The molecule has 0 unspecified atom stereocenters. The molecule has 0 bridgehead atoms. The number of nitrogens with zero attached hydrogens (tertiary/aromatic N) is 5. The number of nitrogens with one attached hydrogen (secondary N) is 1. The summed E-state index contributed by atoms with van der Waals surface area (Å²) in [7, 11) is 1.74. The number of anilines is 1. The van der Waals surface area contributed by atoms with Crippen LogP contribution in [0.25, 0.3) is 0 Å². The van der Waals surface area contributed by atoms with Crippen molar-refractivity contribution < 1.29 is 9.47 Å². The van der Waals surface area contributed by atoms with E-state index in [9.17, 15) is 0 Å². The van der Waals surface area contributed by atoms with Crippen LogP contribution in [0.3, 0.4) is 0 Å². The first-order valence-corrected chi connectivity index (χ1v) is 5.67. The van der Waals surface area contributed by atoms with Crippen LogP contribution in [0, 0.1) is 0 Å². The van der Waals surface area contributed by atoms with Gasteiger partial charge in [0.05, 0.1) is 0 Å². The molecule has 0 fully saturated rings. The van der Waals surface area contributed by atoms with E-state index in [4.69, 9.17) is 15.3 Å². The number of hydrogen-bond donors (Lipinski definition) is 2. The van der Waals surface area contributed by atoms with Crippen LogP contribution < -0.4 is 16.0 Å². The summed E-state index contributed by atoms with van der Waals surface area (Å²) in [5, 5.41) is 3.99. The molecular formula is C10H15N7O2. The number of ether oxygens (including phenoxy) is 2. The Hall–Kier alpha value is -2.26. The van der Waals surface area contributed by atoms with Crippen LogP contribution in [0.5, 0.6) is 11.9 Å². The molecule has 0 radical (unpaired) electrons. The van der Waals surface area contributed by atoms with Gasteiger partial charge in [-0.05, 0) is 6.92 Å². The van der Waals surface area contributed by atoms with Crippen molar-refractivity contribution in [1.29, 1.82) is 0 Å². The number of aryl methyl sites for hydroxylation is 1. The molecule has 0 saturated heterocycles. The Labute approximate surface area is 109 Å². The van der Waals surface area contributed by atoms with Crippen molar-refractivity contribution in [2.45, 2.75) is 13.5 Å². The second kappa shape index (κ2) is 6.07. The normalized spacial score (nSPS) is 10.5. The molecule has 2 heterocycles. The Balaban J connectivity index is 2.18. The van der Waals surface area contributed by atoms with E-state index in [0.29, 0.717) is 24.1 Å². The van der Waals surface area contributed by atoms with E-state index in [0.717, 1.165) is 0 Å². The van der Waals surface area contributed by atoms with Crippen molar-refractivity contribution in [2.75, 3.05) is 12.0 Å². The number of nitrogens with two attached hydrogens (primary N) is 1. The highest BCUT2D eigenvalue weighted by molar-refractivity contribution is 5.37. The average molecular weight is 265 g/mol. The highest BCUT2D eigenvalue weighted by atomic mass is 16.5. The zero-order chi connectivity index (χ0) is 13.7. The fourth-order valence-corrected chi connectivity index (χ4v) is 1.32. The van der Waals surface area contributed by atoms with E-state index in [2.05, 4.69) is 25.5 Å². The largest absolute Gasteiger partial charge is 0.404 e. The molecule has 9 heteroatoms. The molecule has 0 spiro atoms. The van der Waals surface area contributed by atoms with Gasteiger partial charge in [-0.3, -0.25) is 4.68 Å². The monoisotopic (exact) mass is 265 g/mol. The average Bonchev–Trinajstić information content (AvgIpc) is 2.81. The van der Waals surface area contributed by atoms with Gasteiger partial charge in [-0.2, -0.15) is 9.97 Å². The molecule has 0 aromatic carbocycles. The predicted octanol–water partition coefficient (Wildman–Crippen LogP) is 0.219. The molecule has 2 aromatic rings. The number of nitrogen functional groups attached to an aromatic ring is 1. The third-order valence-corrected chi connectivity index (χ3v) is 2.11. The summed E-state index contributed by atoms with van der Waals surface area (Å²) in [5.41, 5.74) is 2.44. The van der Waals surface area contributed by atoms with Gasteiger partial charge in [0.2, 0.25) is 5.88 Å². The molecule has 0 amide bonds. The van der Waals surface area contributed by atoms with Gasteiger partial charge in [-0.25, -0.2) is 10.8 Å². The molecule has 0 atom stereocenters. The standard InChI is InChI=1S/C10H15N7O2/c1-3-18-5-8-13-7(15-11)4-9(14-8)19-10-12-6-17(2)16-10/h4,6H,3,5,11H2,1-2H3,(H,13,14,15). The van der Waals surface area contributed by atoms with Crippen molar-refractivity contribution in [3.8, 4) is 11.9 Å². The maximum atomic E-state index is 5.42. The van der Waals surface area contributed by atoms with Crippen molar-refractivity contribution in [1.82, 2.24) is 24.7 Å². The highest BCUT2D eigenvalue weighted by Crippen LogP contribution is 2.18. The zero-order valence-corrected chi connectivity index (χ0v) is 10.7. The lowest BCUT2D eigenvalue weighted by molar-refractivity contribution is 0.128. The molecule has 0 aliphatic rings. The predicted molar refractivity (Wildman–Crippen MR) is 66.2 cm³/mol. The molecule has 0 aliphatic carbocycles. The Kier molecular flexibility index (Phi) is 4.21. The topological polar surface area (TPSA) is 113 Å². The van der Waals surface area contributed by atoms with Gasteiger partial charge in [0.15, 0.2) is 5.82 Å². The Morgan fingerprint density at radius 3 is 2.89 bits per heavy atom. The molecule has 19 heavy (non-hydrogen) atoms. The highest BCUT2D eigenvalue weighted by Gasteiger charge is 2.08. The first-order valence-electron chi connectivity index (χ1n) is 5.67. The second-order valence-electron chi connectivity index (χ2n) is 3.59. The molecule has 0 saturated carbocycles. The lowest BCUT2D eigenvalue weighted by atomic mass is 10.5. The molecule has 2 aromatic heterocycles. The Morgan fingerprint density at radius 2 is 2.26 bits per heavy atom. The van der Waals surface area contributed by atoms with Gasteiger partial charge in [0, 0.05) is 19.7 Å². The van der Waals surface area contributed by atoms with Crippen LogP contribution in [0.2, 0.25) is 0 Å². The lowest BCUT2D eigenvalue weighted by Crippen LogP contribution is -2.11. The maximum absolute atomic E-state index is 5.42. The Bertz CT molecular complexity index is 542. The zero-order valence-electron chi connectivity index (χ0n) is 10.7. The number of aromatic nitrogens is 5. The van der Waals surface area contributed by atoms with Crippen LogP contribution in [-0.2, 0) is 18.4 Å². The van der Waals surface area contributed by atoms with Gasteiger partial charge in [0.1, 0.15) is 18.8 Å². The van der Waals surface area contributed by atoms with Gasteiger partial charge < -0.3 is 14.9 Å². The molecule has 102 valence electrons. The van der Waals surface area contributed by atoms with Gasteiger partial charge in [-0.15, -0.1) is 5.10 Å². The summed E-state index contributed by atoms with van der Waals surface area (Å²) in [6.07, 6.45) is 1.53. The lowest BCUT2D eigenvalue weighted by Gasteiger charge is -2.06. The van der Waals surface area contributed by atoms with Gasteiger partial charge in [-0.1, -0.05) is 0 Å². The van der Waals surface area contributed by atoms with Crippen molar-refractivity contribution in [3.05, 3.63) is 18.2 Å². The van der Waals surface area contributed by atoms with Crippen LogP contribution in [0.1, 0.15) is 12.7 Å². The summed E-state index contributed by atoms with van der Waals surface area (Å²) >= 11 is 0. The summed E-state index contributed by atoms with van der Waals surface area (Å²) in [6, 6.07) is 1.75. The van der Waals surface area contributed by atoms with Crippen LogP contribution >= 0.6 is 0 Å². The van der Waals surface area contributed by atoms with E-state index < -0.39 is 0 Å². The molecule has 9 nitrogen and oxygen atoms in total.